The normalized spacial score (nSPS) is 15.8. The van der Waals surface area contributed by atoms with E-state index in [1.165, 1.54) is 0 Å². The molecule has 0 saturated heterocycles. The highest BCUT2D eigenvalue weighted by Crippen LogP contribution is 2.33. The summed E-state index contributed by atoms with van der Waals surface area (Å²) in [5, 5.41) is 59.9. The van der Waals surface area contributed by atoms with Gasteiger partial charge in [-0.1, -0.05) is 12.3 Å². The molecule has 0 bridgehead atoms. The molecule has 15 heteroatoms. The molecule has 0 aliphatic rings. The summed E-state index contributed by atoms with van der Waals surface area (Å²) >= 11 is 0. The Morgan fingerprint density at radius 1 is 1.05 bits per heavy atom. The molecule has 15 nitrogen and oxygen atoms in total. The van der Waals surface area contributed by atoms with Crippen molar-refractivity contribution in [3.8, 4) is 0 Å². The molecule has 0 amide bonds. The first-order valence-corrected chi connectivity index (χ1v) is 4.72. The zero-order chi connectivity index (χ0) is 16.3. The molecule has 0 aromatic rings. The Labute approximate surface area is 108 Å². The summed E-state index contributed by atoms with van der Waals surface area (Å²) in [7, 11) is 0. The van der Waals surface area contributed by atoms with Gasteiger partial charge >= 0.3 is 17.6 Å². The predicted molar refractivity (Wildman–Crippen MR) is 55.1 cm³/mol. The highest BCUT2D eigenvalue weighted by atomic mass is 16.7. The first-order chi connectivity index (χ1) is 8.98. The van der Waals surface area contributed by atoms with E-state index in [0.717, 1.165) is 12.3 Å². The summed E-state index contributed by atoms with van der Waals surface area (Å²) in [6.07, 6.45) is -4.43. The SMILES string of the molecule is CCC(O)([N+](=O)[O-])C(C(O)N[N+](=O)[O-])([N+](=O)[O-])[N+](=O)[O-]. The summed E-state index contributed by atoms with van der Waals surface area (Å²) in [6, 6.07) is 0. The minimum absolute atomic E-state index is 0.771. The maximum Gasteiger partial charge on any atom is 0.600 e. The van der Waals surface area contributed by atoms with Crippen LogP contribution in [0.4, 0.5) is 0 Å². The van der Waals surface area contributed by atoms with Crippen LogP contribution in [0.5, 0.6) is 0 Å². The molecule has 0 rings (SSSR count). The standard InChI is InChI=1S/C5H9N5O10/c1-2-4(12,7(13)14)5(8(15)16,9(17)18)3(11)6-10(19)20/h3,6,11-12H,2H2,1H3. The van der Waals surface area contributed by atoms with Gasteiger partial charge in [-0.2, -0.15) is 0 Å². The van der Waals surface area contributed by atoms with E-state index < -0.39 is 43.8 Å². The van der Waals surface area contributed by atoms with Gasteiger partial charge in [0, 0.05) is 0 Å². The minimum atomic E-state index is -4.28. The Hall–Kier alpha value is -2.68. The number of aliphatic hydroxyl groups excluding tert-OH is 1. The fourth-order valence-electron chi connectivity index (χ4n) is 1.49. The third-order valence-corrected chi connectivity index (χ3v) is 2.55. The van der Waals surface area contributed by atoms with E-state index >= 15 is 0 Å². The summed E-state index contributed by atoms with van der Waals surface area (Å²) in [5.74, 6) is 0. The van der Waals surface area contributed by atoms with Crippen LogP contribution < -0.4 is 5.43 Å². The van der Waals surface area contributed by atoms with Crippen LogP contribution in [-0.2, 0) is 0 Å². The first kappa shape index (κ1) is 17.3. The van der Waals surface area contributed by atoms with Crippen LogP contribution in [0.15, 0.2) is 0 Å². The molecule has 114 valence electrons. The van der Waals surface area contributed by atoms with E-state index in [0.29, 0.717) is 0 Å². The number of hydrazine groups is 1. The molecular weight excluding hydrogens is 290 g/mol. The van der Waals surface area contributed by atoms with Crippen LogP contribution in [0.25, 0.3) is 0 Å². The fourth-order valence-corrected chi connectivity index (χ4v) is 1.49. The van der Waals surface area contributed by atoms with Crippen molar-refractivity contribution in [3.05, 3.63) is 40.5 Å². The van der Waals surface area contributed by atoms with Gasteiger partial charge in [0.2, 0.25) is 0 Å². The molecule has 0 saturated carbocycles. The first-order valence-electron chi connectivity index (χ1n) is 4.72. The number of hydrogen-bond acceptors (Lipinski definition) is 10. The van der Waals surface area contributed by atoms with Gasteiger partial charge in [-0.3, -0.25) is 30.3 Å². The third kappa shape index (κ3) is 2.26. The summed E-state index contributed by atoms with van der Waals surface area (Å²) in [5.41, 5.74) is -7.39. The average molecular weight is 299 g/mol. The molecule has 0 aromatic heterocycles. The summed E-state index contributed by atoms with van der Waals surface area (Å²) in [6.45, 7) is 0.795. The summed E-state index contributed by atoms with van der Waals surface area (Å²) in [4.78, 5) is 36.9. The van der Waals surface area contributed by atoms with Crippen LogP contribution in [0, 0.1) is 40.5 Å². The van der Waals surface area contributed by atoms with E-state index in [-0.39, 0.29) is 0 Å². The molecule has 0 aliphatic heterocycles. The molecule has 0 aliphatic carbocycles. The van der Waals surface area contributed by atoms with Gasteiger partial charge in [-0.25, -0.2) is 10.1 Å². The molecule has 0 aromatic carbocycles. The molecule has 0 fully saturated rings. The second-order valence-corrected chi connectivity index (χ2v) is 3.46. The van der Waals surface area contributed by atoms with Gasteiger partial charge in [0.15, 0.2) is 5.03 Å². The zero-order valence-electron chi connectivity index (χ0n) is 9.73. The Kier molecular flexibility index (Phi) is 4.79. The van der Waals surface area contributed by atoms with E-state index in [9.17, 15) is 50.7 Å². The second kappa shape index (κ2) is 5.53. The number of nitro groups is 4. The largest absolute Gasteiger partial charge is 0.600 e. The highest BCUT2D eigenvalue weighted by Gasteiger charge is 2.86. The quantitative estimate of drug-likeness (QED) is 0.245. The molecule has 0 spiro atoms. The molecule has 2 unspecified atom stereocenters. The van der Waals surface area contributed by atoms with Crippen LogP contribution in [-0.4, -0.2) is 47.6 Å². The van der Waals surface area contributed by atoms with Crippen LogP contribution in [0.1, 0.15) is 13.3 Å². The van der Waals surface area contributed by atoms with Crippen molar-refractivity contribution < 1.29 is 30.0 Å². The van der Waals surface area contributed by atoms with Gasteiger partial charge in [0.05, 0.1) is 11.3 Å². The van der Waals surface area contributed by atoms with Crippen molar-refractivity contribution in [2.45, 2.75) is 31.0 Å². The summed E-state index contributed by atoms with van der Waals surface area (Å²) < 4.78 is 0. The van der Waals surface area contributed by atoms with Gasteiger partial charge in [0.25, 0.3) is 0 Å². The lowest BCUT2D eigenvalue weighted by molar-refractivity contribution is -0.884. The Balaban J connectivity index is 6.31. The van der Waals surface area contributed by atoms with Crippen molar-refractivity contribution in [2.75, 3.05) is 0 Å². The Bertz CT molecular complexity index is 437. The van der Waals surface area contributed by atoms with Crippen LogP contribution in [0.2, 0.25) is 0 Å². The van der Waals surface area contributed by atoms with E-state index in [2.05, 4.69) is 0 Å². The topological polar surface area (TPSA) is 225 Å². The number of aliphatic hydroxyl groups is 2. The van der Waals surface area contributed by atoms with Crippen LogP contribution >= 0.6 is 0 Å². The monoisotopic (exact) mass is 299 g/mol. The fraction of sp³-hybridized carbons (Fsp3) is 1.00. The molecular formula is C5H9N5O10. The van der Waals surface area contributed by atoms with Gasteiger partial charge in [-0.15, -0.1) is 0 Å². The Morgan fingerprint density at radius 2 is 1.45 bits per heavy atom. The van der Waals surface area contributed by atoms with Crippen molar-refractivity contribution in [2.24, 2.45) is 0 Å². The molecule has 0 radical (unpaired) electrons. The number of nitrogens with one attached hydrogen (secondary N) is 1. The maximum atomic E-state index is 10.9. The minimum Gasteiger partial charge on any atom is -0.357 e. The zero-order valence-corrected chi connectivity index (χ0v) is 9.73. The number of rotatable bonds is 8. The highest BCUT2D eigenvalue weighted by molar-refractivity contribution is 4.88. The van der Waals surface area contributed by atoms with Crippen molar-refractivity contribution in [3.63, 3.8) is 0 Å². The predicted octanol–water partition coefficient (Wildman–Crippen LogP) is -2.29. The van der Waals surface area contributed by atoms with Crippen molar-refractivity contribution >= 4 is 0 Å². The maximum absolute atomic E-state index is 10.9. The average Bonchev–Trinajstić information content (AvgIpc) is 2.26. The van der Waals surface area contributed by atoms with Gasteiger partial charge < -0.3 is 10.2 Å². The molecule has 3 N–H and O–H groups in total. The van der Waals surface area contributed by atoms with Gasteiger partial charge in [-0.05, 0) is 0 Å². The number of nitrogens with zero attached hydrogens (tertiary/aromatic N) is 4. The molecule has 0 heterocycles. The smallest absolute Gasteiger partial charge is 0.357 e. The molecule has 2 atom stereocenters. The van der Waals surface area contributed by atoms with Crippen molar-refractivity contribution in [1.82, 2.24) is 5.43 Å². The van der Waals surface area contributed by atoms with Gasteiger partial charge in [0.1, 0.15) is 9.85 Å². The van der Waals surface area contributed by atoms with Crippen molar-refractivity contribution in [1.29, 1.82) is 0 Å². The Morgan fingerprint density at radius 3 is 1.65 bits per heavy atom. The van der Waals surface area contributed by atoms with E-state index in [4.69, 9.17) is 0 Å². The molecule has 20 heavy (non-hydrogen) atoms. The lowest BCUT2D eigenvalue weighted by Gasteiger charge is -2.26. The van der Waals surface area contributed by atoms with E-state index in [1.807, 2.05) is 0 Å². The third-order valence-electron chi connectivity index (χ3n) is 2.55. The lowest BCUT2D eigenvalue weighted by atomic mass is 9.93. The number of hydrogen-bond donors (Lipinski definition) is 3. The van der Waals surface area contributed by atoms with E-state index in [1.54, 1.807) is 0 Å². The van der Waals surface area contributed by atoms with Crippen LogP contribution in [0.3, 0.4) is 0 Å². The lowest BCUT2D eigenvalue weighted by Crippen LogP contribution is -2.76. The second-order valence-electron chi connectivity index (χ2n) is 3.46.